The Labute approximate surface area is 160 Å². The van der Waals surface area contributed by atoms with Gasteiger partial charge in [-0.05, 0) is 50.2 Å². The number of ether oxygens (including phenoxy) is 1. The number of rotatable bonds is 4. The number of benzene rings is 1. The molecule has 4 rings (SSSR count). The van der Waals surface area contributed by atoms with Gasteiger partial charge in [-0.2, -0.15) is 0 Å². The molecule has 1 aromatic carbocycles. The molecule has 6 nitrogen and oxygen atoms in total. The molecule has 1 aliphatic carbocycles. The Morgan fingerprint density at radius 1 is 1.19 bits per heavy atom. The number of para-hydroxylation sites is 1. The molecule has 0 unspecified atom stereocenters. The fourth-order valence-corrected chi connectivity index (χ4v) is 4.26. The summed E-state index contributed by atoms with van der Waals surface area (Å²) in [4.78, 5) is 26.8. The predicted octanol–water partition coefficient (Wildman–Crippen LogP) is 3.00. The number of piperidine rings is 1. The molecule has 27 heavy (non-hydrogen) atoms. The van der Waals surface area contributed by atoms with Crippen molar-refractivity contribution in [1.82, 2.24) is 10.2 Å². The summed E-state index contributed by atoms with van der Waals surface area (Å²) < 4.78 is 6.29. The van der Waals surface area contributed by atoms with Gasteiger partial charge in [0, 0.05) is 31.2 Å². The molecule has 0 bridgehead atoms. The van der Waals surface area contributed by atoms with Crippen LogP contribution in [0.4, 0.5) is 10.5 Å². The van der Waals surface area contributed by atoms with Gasteiger partial charge < -0.3 is 20.3 Å². The topological polar surface area (TPSA) is 70.7 Å². The molecule has 1 aromatic rings. The first-order valence-corrected chi connectivity index (χ1v) is 10.1. The van der Waals surface area contributed by atoms with Gasteiger partial charge in [0.15, 0.2) is 0 Å². The number of nitrogens with one attached hydrogen (secondary N) is 2. The number of carbonyl (C=O) groups excluding carboxylic acids is 2. The molecule has 1 spiro atoms. The van der Waals surface area contributed by atoms with Crippen LogP contribution in [0.2, 0.25) is 0 Å². The number of amides is 3. The summed E-state index contributed by atoms with van der Waals surface area (Å²) in [6.07, 6.45) is 4.57. The van der Waals surface area contributed by atoms with Gasteiger partial charge in [0.1, 0.15) is 6.10 Å². The first-order valence-electron chi connectivity index (χ1n) is 10.1. The van der Waals surface area contributed by atoms with Gasteiger partial charge in [-0.25, -0.2) is 4.79 Å². The van der Waals surface area contributed by atoms with Gasteiger partial charge in [0.05, 0.1) is 5.60 Å². The van der Waals surface area contributed by atoms with Crippen LogP contribution >= 0.6 is 0 Å². The van der Waals surface area contributed by atoms with E-state index in [1.54, 1.807) is 0 Å². The van der Waals surface area contributed by atoms with Crippen molar-refractivity contribution >= 4 is 17.6 Å². The lowest BCUT2D eigenvalue weighted by Gasteiger charge is -2.44. The van der Waals surface area contributed by atoms with Crippen LogP contribution in [-0.4, -0.2) is 48.2 Å². The van der Waals surface area contributed by atoms with Crippen LogP contribution in [0.15, 0.2) is 30.3 Å². The second-order valence-electron chi connectivity index (χ2n) is 8.29. The Morgan fingerprint density at radius 2 is 1.96 bits per heavy atom. The third-order valence-electron chi connectivity index (χ3n) is 6.27. The number of anilines is 1. The van der Waals surface area contributed by atoms with Crippen molar-refractivity contribution in [3.05, 3.63) is 30.3 Å². The molecular formula is C21H29N3O3. The fourth-order valence-electron chi connectivity index (χ4n) is 4.26. The summed E-state index contributed by atoms with van der Waals surface area (Å²) in [5.74, 6) is 0.916. The summed E-state index contributed by atoms with van der Waals surface area (Å²) >= 11 is 0. The number of hydrogen-bond acceptors (Lipinski definition) is 3. The Hall–Kier alpha value is -2.08. The second kappa shape index (κ2) is 7.50. The van der Waals surface area contributed by atoms with Gasteiger partial charge in [-0.15, -0.1) is 0 Å². The summed E-state index contributed by atoms with van der Waals surface area (Å²) in [5.41, 5.74) is 0.533. The molecular weight excluding hydrogens is 342 g/mol. The van der Waals surface area contributed by atoms with Gasteiger partial charge in [0.25, 0.3) is 0 Å². The average Bonchev–Trinajstić information content (AvgIpc) is 3.41. The van der Waals surface area contributed by atoms with Crippen LogP contribution < -0.4 is 10.6 Å². The first kappa shape index (κ1) is 18.3. The van der Waals surface area contributed by atoms with Gasteiger partial charge >= 0.3 is 6.03 Å². The Bertz CT molecular complexity index is 691. The van der Waals surface area contributed by atoms with Crippen LogP contribution in [0.1, 0.15) is 39.0 Å². The molecule has 3 atom stereocenters. The van der Waals surface area contributed by atoms with Crippen molar-refractivity contribution in [2.45, 2.75) is 50.7 Å². The monoisotopic (exact) mass is 371 g/mol. The Balaban J connectivity index is 1.30. The Morgan fingerprint density at radius 3 is 2.67 bits per heavy atom. The highest BCUT2D eigenvalue weighted by molar-refractivity contribution is 5.89. The third kappa shape index (κ3) is 4.10. The molecule has 2 heterocycles. The van der Waals surface area contributed by atoms with E-state index in [0.29, 0.717) is 19.0 Å². The Kier molecular flexibility index (Phi) is 5.08. The molecule has 3 fully saturated rings. The summed E-state index contributed by atoms with van der Waals surface area (Å²) in [7, 11) is 0. The molecule has 3 aliphatic rings. The minimum atomic E-state index is -0.337. The number of urea groups is 1. The number of hydrogen-bond donors (Lipinski definition) is 2. The number of likely N-dealkylation sites (tertiary alicyclic amines) is 1. The maximum atomic E-state index is 12.6. The van der Waals surface area contributed by atoms with E-state index in [-0.39, 0.29) is 29.6 Å². The maximum absolute atomic E-state index is 12.6. The van der Waals surface area contributed by atoms with Crippen molar-refractivity contribution in [3.63, 3.8) is 0 Å². The highest BCUT2D eigenvalue weighted by atomic mass is 16.5. The predicted molar refractivity (Wildman–Crippen MR) is 103 cm³/mol. The van der Waals surface area contributed by atoms with E-state index < -0.39 is 0 Å². The fraction of sp³-hybridized carbons (Fsp3) is 0.619. The standard InChI is InChI=1S/C21H29N3O3/c1-15-14-24(20(26)23-17-5-3-2-4-6-17)12-11-21(15)10-9-18(27-21)19(25)22-13-16-7-8-16/h2-6,15-16,18H,7-14H2,1H3,(H,22,25)(H,23,26)/t15-,18-,21+/m0/s1. The molecule has 2 N–H and O–H groups in total. The van der Waals surface area contributed by atoms with Gasteiger partial charge in [-0.3, -0.25) is 4.79 Å². The molecule has 1 saturated carbocycles. The second-order valence-corrected chi connectivity index (χ2v) is 8.29. The van der Waals surface area contributed by atoms with E-state index in [1.165, 1.54) is 12.8 Å². The zero-order valence-electron chi connectivity index (χ0n) is 15.9. The molecule has 2 aliphatic heterocycles. The molecule has 2 saturated heterocycles. The van der Waals surface area contributed by atoms with E-state index in [4.69, 9.17) is 4.74 Å². The molecule has 0 radical (unpaired) electrons. The van der Waals surface area contributed by atoms with Crippen molar-refractivity contribution in [3.8, 4) is 0 Å². The zero-order chi connectivity index (χ0) is 18.9. The quantitative estimate of drug-likeness (QED) is 0.855. The van der Waals surface area contributed by atoms with Crippen molar-refractivity contribution in [1.29, 1.82) is 0 Å². The van der Waals surface area contributed by atoms with Gasteiger partial charge in [0.2, 0.25) is 5.91 Å². The van der Waals surface area contributed by atoms with E-state index in [0.717, 1.165) is 31.5 Å². The van der Waals surface area contributed by atoms with Crippen LogP contribution in [0, 0.1) is 11.8 Å². The minimum absolute atomic E-state index is 0.0372. The smallest absolute Gasteiger partial charge is 0.321 e. The summed E-state index contributed by atoms with van der Waals surface area (Å²) in [6.45, 7) is 4.22. The highest BCUT2D eigenvalue weighted by Gasteiger charge is 2.49. The third-order valence-corrected chi connectivity index (χ3v) is 6.27. The average molecular weight is 371 g/mol. The SMILES string of the molecule is C[C@H]1CN(C(=O)Nc2ccccc2)CC[C@]12CC[C@@H](C(=O)NCC1CC1)O2. The number of carbonyl (C=O) groups is 2. The molecule has 3 amide bonds. The lowest BCUT2D eigenvalue weighted by molar-refractivity contribution is -0.146. The van der Waals surface area contributed by atoms with Gasteiger partial charge in [-0.1, -0.05) is 25.1 Å². The first-order chi connectivity index (χ1) is 13.1. The highest BCUT2D eigenvalue weighted by Crippen LogP contribution is 2.42. The van der Waals surface area contributed by atoms with Crippen molar-refractivity contribution in [2.24, 2.45) is 11.8 Å². The summed E-state index contributed by atoms with van der Waals surface area (Å²) in [6, 6.07) is 9.44. The van der Waals surface area contributed by atoms with Crippen LogP contribution in [-0.2, 0) is 9.53 Å². The zero-order valence-corrected chi connectivity index (χ0v) is 15.9. The van der Waals surface area contributed by atoms with E-state index >= 15 is 0 Å². The molecule has 0 aromatic heterocycles. The lowest BCUT2D eigenvalue weighted by atomic mass is 9.80. The normalized spacial score (nSPS) is 30.3. The lowest BCUT2D eigenvalue weighted by Crippen LogP contribution is -2.54. The van der Waals surface area contributed by atoms with Crippen LogP contribution in [0.3, 0.4) is 0 Å². The van der Waals surface area contributed by atoms with E-state index in [9.17, 15) is 9.59 Å². The van der Waals surface area contributed by atoms with Crippen molar-refractivity contribution in [2.75, 3.05) is 25.0 Å². The van der Waals surface area contributed by atoms with E-state index in [2.05, 4.69) is 17.6 Å². The van der Waals surface area contributed by atoms with Crippen LogP contribution in [0.5, 0.6) is 0 Å². The number of nitrogens with zero attached hydrogens (tertiary/aromatic N) is 1. The van der Waals surface area contributed by atoms with Crippen molar-refractivity contribution < 1.29 is 14.3 Å². The van der Waals surface area contributed by atoms with E-state index in [1.807, 2.05) is 35.2 Å². The van der Waals surface area contributed by atoms with Crippen LogP contribution in [0.25, 0.3) is 0 Å². The maximum Gasteiger partial charge on any atom is 0.321 e. The minimum Gasteiger partial charge on any atom is -0.362 e. The summed E-state index contributed by atoms with van der Waals surface area (Å²) in [5, 5.41) is 5.99. The largest absolute Gasteiger partial charge is 0.362 e. The molecule has 6 heteroatoms. The molecule has 146 valence electrons.